The lowest BCUT2D eigenvalue weighted by Gasteiger charge is -2.08. The molecule has 2 aromatic rings. The maximum absolute atomic E-state index is 12.1. The molecule has 1 amide bonds. The number of non-ortho nitro benzene ring substituents is 1. The molecule has 1 aliphatic rings. The first kappa shape index (κ1) is 16.7. The van der Waals surface area contributed by atoms with Crippen LogP contribution in [0, 0.1) is 10.1 Å². The van der Waals surface area contributed by atoms with Crippen LogP contribution >= 0.6 is 0 Å². The number of carbonyl (C=O) groups is 1. The molecule has 8 nitrogen and oxygen atoms in total. The van der Waals surface area contributed by atoms with Gasteiger partial charge in [-0.3, -0.25) is 14.9 Å². The van der Waals surface area contributed by atoms with Gasteiger partial charge >= 0.3 is 0 Å². The zero-order chi connectivity index (χ0) is 17.6. The number of nitrogens with one attached hydrogen (secondary N) is 3. The number of hydrazine groups is 1. The van der Waals surface area contributed by atoms with Crippen molar-refractivity contribution in [3.05, 3.63) is 75.8 Å². The van der Waals surface area contributed by atoms with Gasteiger partial charge in [-0.05, 0) is 29.7 Å². The van der Waals surface area contributed by atoms with Gasteiger partial charge in [-0.25, -0.2) is 16.3 Å². The van der Waals surface area contributed by atoms with E-state index in [9.17, 15) is 14.9 Å². The smallest absolute Gasteiger partial charge is 0.269 e. The van der Waals surface area contributed by atoms with E-state index in [0.29, 0.717) is 12.0 Å². The summed E-state index contributed by atoms with van der Waals surface area (Å²) in [5, 5.41) is 14.5. The van der Waals surface area contributed by atoms with Crippen LogP contribution in [0.5, 0.6) is 0 Å². The SMILES string of the molecule is O=C(N/N=C/c1ccc([N+](=O)[O-])cc1)C1CC(c2ccccc2)NN1. The number of benzene rings is 2. The zero-order valence-electron chi connectivity index (χ0n) is 13.3. The average molecular weight is 339 g/mol. The van der Waals surface area contributed by atoms with Crippen molar-refractivity contribution in [2.24, 2.45) is 5.10 Å². The number of nitro groups is 1. The summed E-state index contributed by atoms with van der Waals surface area (Å²) < 4.78 is 0. The van der Waals surface area contributed by atoms with Crippen LogP contribution in [0.4, 0.5) is 5.69 Å². The molecule has 25 heavy (non-hydrogen) atoms. The van der Waals surface area contributed by atoms with E-state index in [0.717, 1.165) is 5.56 Å². The average Bonchev–Trinajstić information content (AvgIpc) is 3.13. The molecule has 3 N–H and O–H groups in total. The summed E-state index contributed by atoms with van der Waals surface area (Å²) in [6, 6.07) is 15.4. The maximum Gasteiger partial charge on any atom is 0.269 e. The van der Waals surface area contributed by atoms with Gasteiger partial charge < -0.3 is 0 Å². The van der Waals surface area contributed by atoms with Crippen LogP contribution < -0.4 is 16.3 Å². The van der Waals surface area contributed by atoms with E-state index in [1.54, 1.807) is 12.1 Å². The second kappa shape index (κ2) is 7.65. The van der Waals surface area contributed by atoms with Gasteiger partial charge in [0.1, 0.15) is 6.04 Å². The molecule has 0 radical (unpaired) electrons. The van der Waals surface area contributed by atoms with Crippen molar-refractivity contribution in [2.45, 2.75) is 18.5 Å². The van der Waals surface area contributed by atoms with Gasteiger partial charge in [0.2, 0.25) is 0 Å². The van der Waals surface area contributed by atoms with Gasteiger partial charge in [-0.2, -0.15) is 5.10 Å². The first-order valence-corrected chi connectivity index (χ1v) is 7.77. The highest BCUT2D eigenvalue weighted by atomic mass is 16.6. The molecular weight excluding hydrogens is 322 g/mol. The zero-order valence-corrected chi connectivity index (χ0v) is 13.3. The van der Waals surface area contributed by atoms with Crippen LogP contribution in [-0.2, 0) is 4.79 Å². The molecule has 1 heterocycles. The summed E-state index contributed by atoms with van der Waals surface area (Å²) in [5.41, 5.74) is 10.3. The van der Waals surface area contributed by atoms with Crippen molar-refractivity contribution < 1.29 is 9.72 Å². The number of rotatable bonds is 5. The molecule has 0 aromatic heterocycles. The predicted octanol–water partition coefficient (Wildman–Crippen LogP) is 1.65. The Morgan fingerprint density at radius 3 is 2.56 bits per heavy atom. The Hall–Kier alpha value is -3.10. The van der Waals surface area contributed by atoms with E-state index in [2.05, 4.69) is 21.4 Å². The predicted molar refractivity (Wildman–Crippen MR) is 92.7 cm³/mol. The van der Waals surface area contributed by atoms with Crippen LogP contribution in [0.1, 0.15) is 23.6 Å². The standard InChI is InChI=1S/C17H17N5O3/c23-17(16-10-15(19-20-16)13-4-2-1-3-5-13)21-18-11-12-6-8-14(9-7-12)22(24)25/h1-9,11,15-16,19-20H,10H2,(H,21,23)/b18-11+. The van der Waals surface area contributed by atoms with Gasteiger partial charge in [0.25, 0.3) is 11.6 Å². The highest BCUT2D eigenvalue weighted by Crippen LogP contribution is 2.21. The number of hydrazone groups is 1. The van der Waals surface area contributed by atoms with Crippen LogP contribution in [0.2, 0.25) is 0 Å². The molecule has 2 unspecified atom stereocenters. The van der Waals surface area contributed by atoms with Crippen molar-refractivity contribution in [1.82, 2.24) is 16.3 Å². The fraction of sp³-hybridized carbons (Fsp3) is 0.176. The highest BCUT2D eigenvalue weighted by Gasteiger charge is 2.29. The quantitative estimate of drug-likeness (QED) is 0.436. The Labute approximate surface area is 144 Å². The third-order valence-electron chi connectivity index (χ3n) is 3.91. The second-order valence-corrected chi connectivity index (χ2v) is 5.62. The largest absolute Gasteiger partial charge is 0.271 e. The first-order chi connectivity index (χ1) is 12.1. The fourth-order valence-corrected chi connectivity index (χ4v) is 2.56. The Kier molecular flexibility index (Phi) is 5.12. The van der Waals surface area contributed by atoms with Gasteiger partial charge in [-0.1, -0.05) is 30.3 Å². The number of nitrogens with zero attached hydrogens (tertiary/aromatic N) is 2. The molecule has 2 aromatic carbocycles. The number of hydrogen-bond donors (Lipinski definition) is 3. The Morgan fingerprint density at radius 1 is 1.16 bits per heavy atom. The van der Waals surface area contributed by atoms with Crippen LogP contribution in [0.3, 0.4) is 0 Å². The van der Waals surface area contributed by atoms with Crippen molar-refractivity contribution in [1.29, 1.82) is 0 Å². The lowest BCUT2D eigenvalue weighted by molar-refractivity contribution is -0.384. The number of amides is 1. The molecule has 128 valence electrons. The fourth-order valence-electron chi connectivity index (χ4n) is 2.56. The second-order valence-electron chi connectivity index (χ2n) is 5.62. The molecule has 0 bridgehead atoms. The van der Waals surface area contributed by atoms with Crippen LogP contribution in [-0.4, -0.2) is 23.1 Å². The number of nitro benzene ring substituents is 1. The van der Waals surface area contributed by atoms with E-state index in [1.165, 1.54) is 18.3 Å². The van der Waals surface area contributed by atoms with Gasteiger partial charge in [0.05, 0.1) is 11.1 Å². The van der Waals surface area contributed by atoms with Crippen molar-refractivity contribution in [3.8, 4) is 0 Å². The monoisotopic (exact) mass is 339 g/mol. The van der Waals surface area contributed by atoms with Crippen LogP contribution in [0.25, 0.3) is 0 Å². The van der Waals surface area contributed by atoms with E-state index in [1.807, 2.05) is 30.3 Å². The van der Waals surface area contributed by atoms with E-state index in [4.69, 9.17) is 0 Å². The summed E-state index contributed by atoms with van der Waals surface area (Å²) in [6.07, 6.45) is 2.06. The summed E-state index contributed by atoms with van der Waals surface area (Å²) in [6.45, 7) is 0. The molecule has 0 spiro atoms. The topological polar surface area (TPSA) is 109 Å². The Balaban J connectivity index is 1.52. The summed E-state index contributed by atoms with van der Waals surface area (Å²) in [7, 11) is 0. The van der Waals surface area contributed by atoms with Gasteiger partial charge in [0.15, 0.2) is 0 Å². The van der Waals surface area contributed by atoms with Crippen molar-refractivity contribution in [3.63, 3.8) is 0 Å². The third-order valence-corrected chi connectivity index (χ3v) is 3.91. The summed E-state index contributed by atoms with van der Waals surface area (Å²) >= 11 is 0. The molecular formula is C17H17N5O3. The maximum atomic E-state index is 12.1. The number of carbonyl (C=O) groups excluding carboxylic acids is 1. The lowest BCUT2D eigenvalue weighted by Crippen LogP contribution is -2.41. The molecule has 1 aliphatic heterocycles. The molecule has 0 saturated carbocycles. The van der Waals surface area contributed by atoms with Crippen molar-refractivity contribution in [2.75, 3.05) is 0 Å². The van der Waals surface area contributed by atoms with Crippen molar-refractivity contribution >= 4 is 17.8 Å². The number of hydrogen-bond acceptors (Lipinski definition) is 6. The minimum atomic E-state index is -0.468. The first-order valence-electron chi connectivity index (χ1n) is 7.77. The summed E-state index contributed by atoms with van der Waals surface area (Å²) in [4.78, 5) is 22.3. The normalized spacial score (nSPS) is 19.8. The van der Waals surface area contributed by atoms with Crippen LogP contribution in [0.15, 0.2) is 59.7 Å². The third kappa shape index (κ3) is 4.25. The molecule has 1 fully saturated rings. The molecule has 0 aliphatic carbocycles. The molecule has 2 atom stereocenters. The van der Waals surface area contributed by atoms with E-state index in [-0.39, 0.29) is 23.7 Å². The van der Waals surface area contributed by atoms with E-state index >= 15 is 0 Å². The minimum Gasteiger partial charge on any atom is -0.271 e. The lowest BCUT2D eigenvalue weighted by atomic mass is 10.0. The Morgan fingerprint density at radius 2 is 1.88 bits per heavy atom. The minimum absolute atomic E-state index is 0.00868. The molecule has 8 heteroatoms. The Bertz CT molecular complexity index is 777. The molecule has 3 rings (SSSR count). The van der Waals surface area contributed by atoms with Gasteiger partial charge in [0, 0.05) is 18.2 Å². The molecule has 1 saturated heterocycles. The van der Waals surface area contributed by atoms with Gasteiger partial charge in [-0.15, -0.1) is 0 Å². The summed E-state index contributed by atoms with van der Waals surface area (Å²) in [5.74, 6) is -0.246. The highest BCUT2D eigenvalue weighted by molar-refractivity contribution is 5.85. The van der Waals surface area contributed by atoms with E-state index < -0.39 is 4.92 Å².